The molecule has 4 rings (SSSR count). The van der Waals surface area contributed by atoms with Crippen LogP contribution in [0, 0.1) is 5.41 Å². The maximum Gasteiger partial charge on any atom is 0.416 e. The van der Waals surface area contributed by atoms with Crippen LogP contribution in [0.2, 0.25) is 0 Å². The molecular formula is C26H28F3N5O3S2. The smallest absolute Gasteiger partial charge is 0.395 e. The number of aliphatic hydroxyl groups is 1. The number of aliphatic hydroxyl groups excluding tert-OH is 1. The fraction of sp³-hybridized carbons (Fsp3) is 0.346. The largest absolute Gasteiger partial charge is 0.416 e. The van der Waals surface area contributed by atoms with Crippen LogP contribution >= 0.6 is 11.8 Å². The molecule has 1 fully saturated rings. The van der Waals surface area contributed by atoms with Gasteiger partial charge in [-0.25, -0.2) is 0 Å². The third kappa shape index (κ3) is 7.15. The first-order valence-electron chi connectivity index (χ1n) is 12.1. The number of carbonyl (C=O) groups excluding carboxylic acids is 1. The highest BCUT2D eigenvalue weighted by atomic mass is 32.2. The third-order valence-electron chi connectivity index (χ3n) is 6.39. The first kappa shape index (κ1) is 29.0. The van der Waals surface area contributed by atoms with Gasteiger partial charge in [0.2, 0.25) is 0 Å². The second-order valence-corrected chi connectivity index (χ2v) is 11.4. The van der Waals surface area contributed by atoms with E-state index in [1.54, 1.807) is 24.3 Å². The Kier molecular flexibility index (Phi) is 9.26. The summed E-state index contributed by atoms with van der Waals surface area (Å²) < 4.78 is 52.5. The van der Waals surface area contributed by atoms with Crippen LogP contribution < -0.4 is 5.32 Å². The van der Waals surface area contributed by atoms with Crippen molar-refractivity contribution >= 4 is 51.6 Å². The SMILES string of the molecule is CS(=O)c1ccc(CNc2ccc(/C=C3\SC(N4CCN(CCO)CC4)=NC3=O)cc2C=N)c(C(F)(F)F)c1. The summed E-state index contributed by atoms with van der Waals surface area (Å²) in [6, 6.07) is 8.67. The average Bonchev–Trinajstić information content (AvgIpc) is 3.27. The topological polar surface area (TPSA) is 109 Å². The van der Waals surface area contributed by atoms with E-state index in [9.17, 15) is 22.2 Å². The molecule has 1 amide bonds. The van der Waals surface area contributed by atoms with Crippen LogP contribution in [0.3, 0.4) is 0 Å². The number of nitrogens with one attached hydrogen (secondary N) is 2. The van der Waals surface area contributed by atoms with Crippen molar-refractivity contribution in [2.75, 3.05) is 50.9 Å². The Labute approximate surface area is 230 Å². The number of hydrogen-bond donors (Lipinski definition) is 3. The molecule has 2 aromatic rings. The number of nitrogens with zero attached hydrogens (tertiary/aromatic N) is 3. The van der Waals surface area contributed by atoms with Crippen molar-refractivity contribution in [2.24, 2.45) is 4.99 Å². The Morgan fingerprint density at radius 2 is 1.92 bits per heavy atom. The molecule has 8 nitrogen and oxygen atoms in total. The summed E-state index contributed by atoms with van der Waals surface area (Å²) in [7, 11) is -1.54. The minimum absolute atomic E-state index is 0.00588. The molecule has 1 saturated heterocycles. The molecule has 0 aliphatic carbocycles. The summed E-state index contributed by atoms with van der Waals surface area (Å²) in [6.45, 7) is 3.55. The lowest BCUT2D eigenvalue weighted by Gasteiger charge is -2.34. The number of halogens is 3. The molecular weight excluding hydrogens is 551 g/mol. The molecule has 0 bridgehead atoms. The summed E-state index contributed by atoms with van der Waals surface area (Å²) in [5.74, 6) is -0.345. The molecule has 3 N–H and O–H groups in total. The number of rotatable bonds is 8. The van der Waals surface area contributed by atoms with Gasteiger partial charge in [0, 0.05) is 78.7 Å². The number of alkyl halides is 3. The van der Waals surface area contributed by atoms with Gasteiger partial charge in [0.05, 0.1) is 17.1 Å². The van der Waals surface area contributed by atoms with Crippen molar-refractivity contribution in [1.29, 1.82) is 5.41 Å². The van der Waals surface area contributed by atoms with Gasteiger partial charge in [0.15, 0.2) is 5.17 Å². The predicted octanol–water partition coefficient (Wildman–Crippen LogP) is 3.63. The lowest BCUT2D eigenvalue weighted by molar-refractivity contribution is -0.138. The molecule has 0 aromatic heterocycles. The molecule has 2 aliphatic rings. The molecule has 13 heteroatoms. The highest BCUT2D eigenvalue weighted by Crippen LogP contribution is 2.34. The van der Waals surface area contributed by atoms with E-state index >= 15 is 0 Å². The van der Waals surface area contributed by atoms with Crippen molar-refractivity contribution in [3.05, 3.63) is 63.6 Å². The van der Waals surface area contributed by atoms with E-state index in [1.165, 1.54) is 30.2 Å². The summed E-state index contributed by atoms with van der Waals surface area (Å²) in [5.41, 5.74) is 0.702. The van der Waals surface area contributed by atoms with Crippen molar-refractivity contribution in [3.8, 4) is 0 Å². The number of thioether (sulfide) groups is 1. The van der Waals surface area contributed by atoms with E-state index in [1.807, 2.05) is 4.90 Å². The summed E-state index contributed by atoms with van der Waals surface area (Å²) in [5, 5.41) is 20.5. The van der Waals surface area contributed by atoms with Crippen LogP contribution in [-0.4, -0.2) is 82.0 Å². The second-order valence-electron chi connectivity index (χ2n) is 8.98. The number of hydrogen-bond acceptors (Lipinski definition) is 8. The monoisotopic (exact) mass is 579 g/mol. The van der Waals surface area contributed by atoms with Crippen molar-refractivity contribution < 1.29 is 27.3 Å². The Morgan fingerprint density at radius 1 is 1.18 bits per heavy atom. The highest BCUT2D eigenvalue weighted by molar-refractivity contribution is 8.18. The van der Waals surface area contributed by atoms with Crippen LogP contribution in [0.4, 0.5) is 18.9 Å². The number of anilines is 1. The van der Waals surface area contributed by atoms with Crippen molar-refractivity contribution in [1.82, 2.24) is 9.80 Å². The van der Waals surface area contributed by atoms with Crippen LogP contribution in [0.1, 0.15) is 22.3 Å². The summed E-state index contributed by atoms with van der Waals surface area (Å²) >= 11 is 1.29. The number of amidine groups is 1. The first-order chi connectivity index (χ1) is 18.6. The van der Waals surface area contributed by atoms with E-state index in [0.717, 1.165) is 25.4 Å². The minimum atomic E-state index is -4.60. The molecule has 1 atom stereocenters. The standard InChI is InChI=1S/C26H28F3N5O3S2/c1-39(37)20-4-3-18(21(14-20)26(27,28)29)16-31-22-5-2-17(12-19(22)15-30)13-23-24(36)32-25(38-23)34-8-6-33(7-9-34)10-11-35/h2-5,12-15,30-31,35H,6-11,16H2,1H3/b23-13-,30-15?. The number of carbonyl (C=O) groups is 1. The van der Waals surface area contributed by atoms with E-state index < -0.39 is 22.5 Å². The second kappa shape index (κ2) is 12.5. The quantitative estimate of drug-likeness (QED) is 0.324. The zero-order valence-corrected chi connectivity index (χ0v) is 22.8. The van der Waals surface area contributed by atoms with Crippen molar-refractivity contribution in [2.45, 2.75) is 17.6 Å². The number of benzene rings is 2. The van der Waals surface area contributed by atoms with E-state index in [4.69, 9.17) is 10.5 Å². The highest BCUT2D eigenvalue weighted by Gasteiger charge is 2.34. The molecule has 0 spiro atoms. The Hall–Kier alpha value is -3.00. The lowest BCUT2D eigenvalue weighted by Crippen LogP contribution is -2.48. The van der Waals surface area contributed by atoms with Gasteiger partial charge in [-0.15, -0.1) is 0 Å². The molecule has 0 saturated carbocycles. The maximum absolute atomic E-state index is 13.6. The zero-order chi connectivity index (χ0) is 28.2. The van der Waals surface area contributed by atoms with E-state index in [2.05, 4.69) is 15.2 Å². The van der Waals surface area contributed by atoms with Gasteiger partial charge < -0.3 is 20.7 Å². The average molecular weight is 580 g/mol. The molecule has 0 radical (unpaired) electrons. The Morgan fingerprint density at radius 3 is 2.56 bits per heavy atom. The van der Waals surface area contributed by atoms with Gasteiger partial charge >= 0.3 is 6.18 Å². The first-order valence-corrected chi connectivity index (χ1v) is 14.5. The van der Waals surface area contributed by atoms with Gasteiger partial charge in [-0.05, 0) is 53.2 Å². The van der Waals surface area contributed by atoms with Crippen molar-refractivity contribution in [3.63, 3.8) is 0 Å². The fourth-order valence-electron chi connectivity index (χ4n) is 4.28. The summed E-state index contributed by atoms with van der Waals surface area (Å²) in [6.07, 6.45) is -0.498. The van der Waals surface area contributed by atoms with Crippen LogP contribution in [0.15, 0.2) is 51.2 Å². The van der Waals surface area contributed by atoms with E-state index in [-0.39, 0.29) is 29.5 Å². The van der Waals surface area contributed by atoms with Crippen LogP contribution in [0.25, 0.3) is 6.08 Å². The van der Waals surface area contributed by atoms with Gasteiger partial charge in [-0.2, -0.15) is 18.2 Å². The Bertz CT molecular complexity index is 1340. The van der Waals surface area contributed by atoms with Gasteiger partial charge in [0.25, 0.3) is 5.91 Å². The normalized spacial score (nSPS) is 18.4. The lowest BCUT2D eigenvalue weighted by atomic mass is 10.1. The zero-order valence-electron chi connectivity index (χ0n) is 21.1. The number of piperazine rings is 1. The fourth-order valence-corrected chi connectivity index (χ4v) is 5.79. The molecule has 2 aliphatic heterocycles. The Balaban J connectivity index is 1.45. The molecule has 1 unspecified atom stereocenters. The molecule has 39 heavy (non-hydrogen) atoms. The van der Waals surface area contributed by atoms with Gasteiger partial charge in [-0.3, -0.25) is 13.9 Å². The number of aliphatic imine (C=N–C) groups is 1. The molecule has 2 aromatic carbocycles. The van der Waals surface area contributed by atoms with Crippen LogP contribution in [0.5, 0.6) is 0 Å². The number of β-amino-alcohol motifs (C(OH)–C–C–N with tert-alkyl or cyclic N) is 1. The minimum Gasteiger partial charge on any atom is -0.395 e. The van der Waals surface area contributed by atoms with Gasteiger partial charge in [-0.1, -0.05) is 12.1 Å². The third-order valence-corrected chi connectivity index (χ3v) is 8.35. The van der Waals surface area contributed by atoms with E-state index in [0.29, 0.717) is 46.5 Å². The van der Waals surface area contributed by atoms with Gasteiger partial charge in [0.1, 0.15) is 0 Å². The van der Waals surface area contributed by atoms with Crippen LogP contribution in [-0.2, 0) is 28.3 Å². The molecule has 208 valence electrons. The summed E-state index contributed by atoms with van der Waals surface area (Å²) in [4.78, 5) is 21.5. The maximum atomic E-state index is 13.6. The predicted molar refractivity (Wildman–Crippen MR) is 149 cm³/mol. The molecule has 2 heterocycles. The number of amides is 1.